The van der Waals surface area contributed by atoms with Gasteiger partial charge in [0.25, 0.3) is 11.1 Å². The minimum Gasteiger partial charge on any atom is -0.419 e. The van der Waals surface area contributed by atoms with E-state index in [1.807, 2.05) is 31.2 Å². The zero-order valence-corrected chi connectivity index (χ0v) is 21.9. The fourth-order valence-electron chi connectivity index (χ4n) is 4.09. The molecule has 192 valence electrons. The molecule has 2 aromatic heterocycles. The van der Waals surface area contributed by atoms with Crippen LogP contribution in [0.3, 0.4) is 0 Å². The average molecular weight is 541 g/mol. The third kappa shape index (κ3) is 4.94. The maximum Gasteiger partial charge on any atom is 0.337 e. The van der Waals surface area contributed by atoms with Crippen LogP contribution >= 0.6 is 12.0 Å². The van der Waals surface area contributed by atoms with Gasteiger partial charge in [-0.2, -0.15) is 0 Å². The van der Waals surface area contributed by atoms with Crippen molar-refractivity contribution in [3.8, 4) is 11.4 Å². The highest BCUT2D eigenvalue weighted by Gasteiger charge is 2.31. The highest BCUT2D eigenvalue weighted by Crippen LogP contribution is 2.34. The van der Waals surface area contributed by atoms with E-state index in [0.29, 0.717) is 12.8 Å². The van der Waals surface area contributed by atoms with Gasteiger partial charge in [0, 0.05) is 24.1 Å². The summed E-state index contributed by atoms with van der Waals surface area (Å²) in [5, 5.41) is 0.0784. The minimum atomic E-state index is -3.58. The summed E-state index contributed by atoms with van der Waals surface area (Å²) in [6.45, 7) is 1.96. The molecule has 0 atom stereocenters. The van der Waals surface area contributed by atoms with Crippen LogP contribution in [0.5, 0.6) is 5.75 Å². The number of fused-ring (bicyclic) bond motifs is 1. The molecule has 1 N–H and O–H groups in total. The number of hydrogen-bond donors (Lipinski definition) is 1. The lowest BCUT2D eigenvalue weighted by Crippen LogP contribution is -2.41. The Labute approximate surface area is 216 Å². The lowest BCUT2D eigenvalue weighted by molar-refractivity contribution is 0.607. The SMILES string of the molecule is Cc1ccc(SOc2cc(=O)n(C)c3c2c(=O)n(C2CC2)c(=O)n3-c2cccc(NS(C)(=O)=O)c2)cc1. The van der Waals surface area contributed by atoms with E-state index in [4.69, 9.17) is 4.18 Å². The van der Waals surface area contributed by atoms with Crippen LogP contribution < -0.4 is 25.7 Å². The maximum absolute atomic E-state index is 13.7. The summed E-state index contributed by atoms with van der Waals surface area (Å²) < 4.78 is 35.5. The molecule has 0 radical (unpaired) electrons. The Morgan fingerprint density at radius 2 is 1.73 bits per heavy atom. The Hall–Kier alpha value is -3.77. The number of anilines is 1. The zero-order chi connectivity index (χ0) is 26.5. The molecule has 1 saturated carbocycles. The first-order valence-electron chi connectivity index (χ1n) is 11.4. The van der Waals surface area contributed by atoms with Crippen LogP contribution in [-0.2, 0) is 17.1 Å². The van der Waals surface area contributed by atoms with Crippen molar-refractivity contribution in [3.05, 3.63) is 91.4 Å². The third-order valence-corrected chi connectivity index (χ3v) is 7.32. The topological polar surface area (TPSA) is 121 Å². The van der Waals surface area contributed by atoms with Crippen molar-refractivity contribution in [1.29, 1.82) is 0 Å². The zero-order valence-electron chi connectivity index (χ0n) is 20.3. The molecule has 0 aliphatic heterocycles. The molecular formula is C25H24N4O6S2. The Morgan fingerprint density at radius 1 is 1.03 bits per heavy atom. The van der Waals surface area contributed by atoms with Crippen molar-refractivity contribution in [3.63, 3.8) is 0 Å². The first-order chi connectivity index (χ1) is 17.5. The van der Waals surface area contributed by atoms with Gasteiger partial charge >= 0.3 is 5.69 Å². The number of rotatable bonds is 7. The van der Waals surface area contributed by atoms with E-state index < -0.39 is 26.8 Å². The summed E-state index contributed by atoms with van der Waals surface area (Å²) in [7, 11) is -2.11. The van der Waals surface area contributed by atoms with Crippen molar-refractivity contribution >= 4 is 38.8 Å². The fraction of sp³-hybridized carbons (Fsp3) is 0.240. The third-order valence-electron chi connectivity index (χ3n) is 5.98. The van der Waals surface area contributed by atoms with Crippen molar-refractivity contribution in [1.82, 2.24) is 13.7 Å². The summed E-state index contributed by atoms with van der Waals surface area (Å²) in [4.78, 5) is 41.1. The molecule has 12 heteroatoms. The summed E-state index contributed by atoms with van der Waals surface area (Å²) in [6, 6.07) is 14.7. The second-order valence-electron chi connectivity index (χ2n) is 9.03. The molecule has 5 rings (SSSR count). The standard InChI is InChI=1S/C25H24N4O6S2/c1-15-7-11-19(12-8-15)36-35-20-14-21(30)27(2)23-22(20)24(31)29(17-9-10-17)25(32)28(23)18-6-4-5-16(13-18)26-37(3,33)34/h4-8,11-14,17,26H,9-10H2,1-3H3. The average Bonchev–Trinajstić information content (AvgIpc) is 3.66. The lowest BCUT2D eigenvalue weighted by Gasteiger charge is -2.18. The number of aromatic nitrogens is 3. The van der Waals surface area contributed by atoms with Crippen LogP contribution in [0.1, 0.15) is 24.4 Å². The Bertz CT molecular complexity index is 1820. The number of benzene rings is 2. The molecule has 2 aromatic carbocycles. The van der Waals surface area contributed by atoms with Gasteiger partial charge in [0.2, 0.25) is 10.0 Å². The van der Waals surface area contributed by atoms with E-state index in [1.165, 1.54) is 32.9 Å². The first-order valence-corrected chi connectivity index (χ1v) is 14.1. The van der Waals surface area contributed by atoms with Crippen LogP contribution in [0.2, 0.25) is 0 Å². The monoisotopic (exact) mass is 540 g/mol. The normalized spacial score (nSPS) is 13.6. The molecule has 4 aromatic rings. The van der Waals surface area contributed by atoms with E-state index in [9.17, 15) is 22.8 Å². The quantitative estimate of drug-likeness (QED) is 0.358. The van der Waals surface area contributed by atoms with Crippen LogP contribution in [0.25, 0.3) is 16.7 Å². The predicted octanol–water partition coefficient (Wildman–Crippen LogP) is 2.95. The largest absolute Gasteiger partial charge is 0.419 e. The molecule has 0 unspecified atom stereocenters. The van der Waals surface area contributed by atoms with E-state index in [1.54, 1.807) is 18.2 Å². The van der Waals surface area contributed by atoms with Gasteiger partial charge in [-0.05, 0) is 50.1 Å². The van der Waals surface area contributed by atoms with Crippen molar-refractivity contribution < 1.29 is 12.6 Å². The van der Waals surface area contributed by atoms with Gasteiger partial charge in [-0.25, -0.2) is 17.8 Å². The molecule has 0 saturated heterocycles. The van der Waals surface area contributed by atoms with Gasteiger partial charge in [-0.1, -0.05) is 23.8 Å². The van der Waals surface area contributed by atoms with Gasteiger partial charge < -0.3 is 4.18 Å². The Balaban J connectivity index is 1.77. The van der Waals surface area contributed by atoms with Crippen LogP contribution in [0.4, 0.5) is 5.69 Å². The Kier molecular flexibility index (Phi) is 6.24. The summed E-state index contributed by atoms with van der Waals surface area (Å²) >= 11 is 1.00. The van der Waals surface area contributed by atoms with Crippen LogP contribution in [-0.4, -0.2) is 28.4 Å². The van der Waals surface area contributed by atoms with Gasteiger partial charge in [-0.3, -0.25) is 23.4 Å². The number of aryl methyl sites for hydroxylation is 2. The maximum atomic E-state index is 13.7. The van der Waals surface area contributed by atoms with Crippen LogP contribution in [0.15, 0.2) is 73.9 Å². The predicted molar refractivity (Wildman–Crippen MR) is 143 cm³/mol. The van der Waals surface area contributed by atoms with Gasteiger partial charge in [0.15, 0.2) is 5.75 Å². The molecule has 1 fully saturated rings. The number of nitrogens with one attached hydrogen (secondary N) is 1. The van der Waals surface area contributed by atoms with E-state index in [0.717, 1.165) is 28.8 Å². The van der Waals surface area contributed by atoms with Gasteiger partial charge in [-0.15, -0.1) is 0 Å². The number of pyridine rings is 1. The molecule has 2 heterocycles. The smallest absolute Gasteiger partial charge is 0.337 e. The molecule has 1 aliphatic rings. The molecular weight excluding hydrogens is 516 g/mol. The van der Waals surface area contributed by atoms with E-state index in [2.05, 4.69) is 4.72 Å². The van der Waals surface area contributed by atoms with E-state index in [-0.39, 0.29) is 34.2 Å². The second kappa shape index (κ2) is 9.27. The summed E-state index contributed by atoms with van der Waals surface area (Å²) in [5.41, 5.74) is 0.0129. The lowest BCUT2D eigenvalue weighted by atomic mass is 10.2. The highest BCUT2D eigenvalue weighted by atomic mass is 32.2. The number of sulfonamides is 1. The minimum absolute atomic E-state index is 0.0437. The molecule has 0 bridgehead atoms. The van der Waals surface area contributed by atoms with E-state index >= 15 is 0 Å². The molecule has 0 spiro atoms. The van der Waals surface area contributed by atoms with Crippen molar-refractivity contribution in [2.45, 2.75) is 30.7 Å². The number of hydrogen-bond acceptors (Lipinski definition) is 7. The van der Waals surface area contributed by atoms with Crippen molar-refractivity contribution in [2.75, 3.05) is 11.0 Å². The number of nitrogens with zero attached hydrogens (tertiary/aromatic N) is 3. The summed E-state index contributed by atoms with van der Waals surface area (Å²) in [5.74, 6) is 0.0437. The van der Waals surface area contributed by atoms with Gasteiger partial charge in [0.05, 0.1) is 29.7 Å². The second-order valence-corrected chi connectivity index (χ2v) is 11.6. The van der Waals surface area contributed by atoms with Crippen molar-refractivity contribution in [2.24, 2.45) is 7.05 Å². The highest BCUT2D eigenvalue weighted by molar-refractivity contribution is 7.95. The first kappa shape index (κ1) is 24.9. The fourth-order valence-corrected chi connectivity index (χ4v) is 5.21. The van der Waals surface area contributed by atoms with Gasteiger partial charge in [0.1, 0.15) is 11.0 Å². The summed E-state index contributed by atoms with van der Waals surface area (Å²) in [6.07, 6.45) is 2.38. The molecule has 1 aliphatic carbocycles. The molecule has 10 nitrogen and oxygen atoms in total. The van der Waals surface area contributed by atoms with Crippen LogP contribution in [0, 0.1) is 6.92 Å². The Morgan fingerprint density at radius 3 is 2.38 bits per heavy atom. The molecule has 37 heavy (non-hydrogen) atoms. The molecule has 0 amide bonds.